The van der Waals surface area contributed by atoms with Crippen LogP contribution in [0.3, 0.4) is 0 Å². The van der Waals surface area contributed by atoms with Crippen LogP contribution in [0.25, 0.3) is 0 Å². The number of hydrogen-bond donors (Lipinski definition) is 1. The van der Waals surface area contributed by atoms with Gasteiger partial charge in [0.2, 0.25) is 0 Å². The molecule has 1 rings (SSSR count). The Kier molecular flexibility index (Phi) is 4.77. The summed E-state index contributed by atoms with van der Waals surface area (Å²) in [6.07, 6.45) is 0. The molecular weight excluding hydrogens is 210 g/mol. The number of nitrogens with one attached hydrogen (secondary N) is 1. The first-order valence-electron chi connectivity index (χ1n) is 6.23. The lowest BCUT2D eigenvalue weighted by Crippen LogP contribution is -2.23. The highest BCUT2D eigenvalue weighted by Gasteiger charge is 2.10. The molecular formula is C14H23N3. The predicted molar refractivity (Wildman–Crippen MR) is 70.6 cm³/mol. The molecule has 0 amide bonds. The van der Waals surface area contributed by atoms with Crippen molar-refractivity contribution in [1.29, 1.82) is 5.26 Å². The molecule has 1 heterocycles. The Balaban J connectivity index is 2.56. The summed E-state index contributed by atoms with van der Waals surface area (Å²) < 4.78 is 1.95. The molecule has 0 saturated carbocycles. The quantitative estimate of drug-likeness (QED) is 0.849. The summed E-state index contributed by atoms with van der Waals surface area (Å²) in [6, 6.07) is 4.18. The molecule has 0 spiro atoms. The van der Waals surface area contributed by atoms with Gasteiger partial charge in [0.1, 0.15) is 11.8 Å². The van der Waals surface area contributed by atoms with E-state index in [1.54, 1.807) is 0 Å². The monoisotopic (exact) mass is 233 g/mol. The third kappa shape index (κ3) is 3.34. The third-order valence-corrected chi connectivity index (χ3v) is 3.67. The number of hydrogen-bond acceptors (Lipinski definition) is 2. The average Bonchev–Trinajstić information content (AvgIpc) is 2.56. The van der Waals surface area contributed by atoms with Gasteiger partial charge in [-0.05, 0) is 36.9 Å². The van der Waals surface area contributed by atoms with Gasteiger partial charge in [-0.1, -0.05) is 20.8 Å². The summed E-state index contributed by atoms with van der Waals surface area (Å²) in [6.45, 7) is 10.7. The van der Waals surface area contributed by atoms with E-state index in [2.05, 4.69) is 39.1 Å². The zero-order valence-electron chi connectivity index (χ0n) is 11.5. The van der Waals surface area contributed by atoms with E-state index in [9.17, 15) is 0 Å². The molecule has 0 saturated heterocycles. The van der Waals surface area contributed by atoms with Crippen molar-refractivity contribution in [2.75, 3.05) is 6.54 Å². The normalized spacial score (nSPS) is 12.8. The minimum Gasteiger partial charge on any atom is -0.340 e. The standard InChI is InChI=1S/C14H23N3/c1-10(2)11(3)8-16-9-13-6-14(7-15)17(5)12(13)4/h6,10-11,16H,8-9H2,1-5H3. The van der Waals surface area contributed by atoms with Crippen LogP contribution in [-0.2, 0) is 13.6 Å². The zero-order valence-corrected chi connectivity index (χ0v) is 11.5. The van der Waals surface area contributed by atoms with Crippen molar-refractivity contribution in [3.63, 3.8) is 0 Å². The van der Waals surface area contributed by atoms with Crippen molar-refractivity contribution < 1.29 is 0 Å². The average molecular weight is 233 g/mol. The fourth-order valence-corrected chi connectivity index (χ4v) is 1.72. The van der Waals surface area contributed by atoms with Gasteiger partial charge in [-0.15, -0.1) is 0 Å². The van der Waals surface area contributed by atoms with E-state index in [0.717, 1.165) is 18.8 Å². The van der Waals surface area contributed by atoms with Gasteiger partial charge >= 0.3 is 0 Å². The lowest BCUT2D eigenvalue weighted by atomic mass is 9.98. The summed E-state index contributed by atoms with van der Waals surface area (Å²) >= 11 is 0. The van der Waals surface area contributed by atoms with Crippen LogP contribution in [0.5, 0.6) is 0 Å². The summed E-state index contributed by atoms with van der Waals surface area (Å²) in [5, 5.41) is 12.4. The molecule has 3 nitrogen and oxygen atoms in total. The fraction of sp³-hybridized carbons (Fsp3) is 0.643. The van der Waals surface area contributed by atoms with Gasteiger partial charge in [0.05, 0.1) is 0 Å². The van der Waals surface area contributed by atoms with Gasteiger partial charge in [-0.25, -0.2) is 0 Å². The molecule has 0 radical (unpaired) electrons. The molecule has 1 N–H and O–H groups in total. The summed E-state index contributed by atoms with van der Waals surface area (Å²) in [4.78, 5) is 0. The van der Waals surface area contributed by atoms with Gasteiger partial charge in [0.15, 0.2) is 0 Å². The van der Waals surface area contributed by atoms with Gasteiger partial charge < -0.3 is 9.88 Å². The Bertz CT molecular complexity index is 410. The van der Waals surface area contributed by atoms with Crippen molar-refractivity contribution in [2.24, 2.45) is 18.9 Å². The van der Waals surface area contributed by atoms with Crippen LogP contribution in [0.4, 0.5) is 0 Å². The highest BCUT2D eigenvalue weighted by molar-refractivity contribution is 5.33. The topological polar surface area (TPSA) is 40.8 Å². The predicted octanol–water partition coefficient (Wildman–Crippen LogP) is 2.59. The smallest absolute Gasteiger partial charge is 0.120 e. The Labute approximate surface area is 104 Å². The molecule has 0 bridgehead atoms. The Morgan fingerprint density at radius 1 is 1.41 bits per heavy atom. The van der Waals surface area contributed by atoms with Gasteiger partial charge in [-0.3, -0.25) is 0 Å². The van der Waals surface area contributed by atoms with Crippen molar-refractivity contribution in [3.8, 4) is 6.07 Å². The minimum atomic E-state index is 0.675. The van der Waals surface area contributed by atoms with Gasteiger partial charge in [-0.2, -0.15) is 5.26 Å². The second-order valence-corrected chi connectivity index (χ2v) is 5.16. The third-order valence-electron chi connectivity index (χ3n) is 3.67. The number of aromatic nitrogens is 1. The van der Waals surface area contributed by atoms with Gasteiger partial charge in [0, 0.05) is 19.3 Å². The molecule has 1 unspecified atom stereocenters. The number of nitriles is 1. The number of nitrogens with zero attached hydrogens (tertiary/aromatic N) is 2. The van der Waals surface area contributed by atoms with Crippen molar-refractivity contribution in [3.05, 3.63) is 23.0 Å². The maximum atomic E-state index is 8.95. The molecule has 3 heteroatoms. The lowest BCUT2D eigenvalue weighted by molar-refractivity contribution is 0.392. The highest BCUT2D eigenvalue weighted by Crippen LogP contribution is 2.13. The number of rotatable bonds is 5. The summed E-state index contributed by atoms with van der Waals surface area (Å²) in [5.41, 5.74) is 3.13. The van der Waals surface area contributed by atoms with Crippen molar-refractivity contribution >= 4 is 0 Å². The Hall–Kier alpha value is -1.27. The first-order chi connectivity index (χ1) is 7.97. The SMILES string of the molecule is Cc1c(CNCC(C)C(C)C)cc(C#N)n1C. The van der Waals surface area contributed by atoms with Gasteiger partial charge in [0.25, 0.3) is 0 Å². The second-order valence-electron chi connectivity index (χ2n) is 5.16. The van der Waals surface area contributed by atoms with E-state index in [1.807, 2.05) is 17.7 Å². The van der Waals surface area contributed by atoms with E-state index < -0.39 is 0 Å². The maximum Gasteiger partial charge on any atom is 0.120 e. The largest absolute Gasteiger partial charge is 0.340 e. The molecule has 1 atom stereocenters. The van der Waals surface area contributed by atoms with Crippen LogP contribution >= 0.6 is 0 Å². The summed E-state index contributed by atoms with van der Waals surface area (Å²) in [5.74, 6) is 1.38. The fourth-order valence-electron chi connectivity index (χ4n) is 1.72. The van der Waals surface area contributed by atoms with Crippen LogP contribution in [0.2, 0.25) is 0 Å². The molecule has 0 aliphatic heterocycles. The van der Waals surface area contributed by atoms with Crippen LogP contribution in [0, 0.1) is 30.1 Å². The minimum absolute atomic E-state index is 0.675. The molecule has 1 aromatic rings. The Morgan fingerprint density at radius 3 is 2.53 bits per heavy atom. The van der Waals surface area contributed by atoms with E-state index in [-0.39, 0.29) is 0 Å². The molecule has 17 heavy (non-hydrogen) atoms. The zero-order chi connectivity index (χ0) is 13.0. The molecule has 0 aromatic carbocycles. The summed E-state index contributed by atoms with van der Waals surface area (Å²) in [7, 11) is 1.94. The molecule has 94 valence electrons. The van der Waals surface area contributed by atoms with Crippen LogP contribution in [-0.4, -0.2) is 11.1 Å². The Morgan fingerprint density at radius 2 is 2.06 bits per heavy atom. The first kappa shape index (κ1) is 13.8. The van der Waals surface area contributed by atoms with E-state index in [4.69, 9.17) is 5.26 Å². The van der Waals surface area contributed by atoms with E-state index in [1.165, 1.54) is 11.3 Å². The molecule has 1 aromatic heterocycles. The van der Waals surface area contributed by atoms with Crippen molar-refractivity contribution in [1.82, 2.24) is 9.88 Å². The molecule has 0 fully saturated rings. The lowest BCUT2D eigenvalue weighted by Gasteiger charge is -2.16. The van der Waals surface area contributed by atoms with Crippen LogP contribution in [0.15, 0.2) is 6.07 Å². The maximum absolute atomic E-state index is 8.95. The van der Waals surface area contributed by atoms with Crippen LogP contribution < -0.4 is 5.32 Å². The van der Waals surface area contributed by atoms with E-state index in [0.29, 0.717) is 11.8 Å². The molecule has 0 aliphatic carbocycles. The first-order valence-corrected chi connectivity index (χ1v) is 6.23. The highest BCUT2D eigenvalue weighted by atomic mass is 15.0. The van der Waals surface area contributed by atoms with Crippen molar-refractivity contribution in [2.45, 2.75) is 34.2 Å². The van der Waals surface area contributed by atoms with E-state index >= 15 is 0 Å². The van der Waals surface area contributed by atoms with Crippen LogP contribution in [0.1, 0.15) is 37.7 Å². The second kappa shape index (κ2) is 5.88. The molecule has 0 aliphatic rings.